The largest absolute Gasteiger partial charge is 0.516 e. The minimum Gasteiger partial charge on any atom is -0.274 e. The molecule has 1 aromatic rings. The first kappa shape index (κ1) is 14.9. The zero-order chi connectivity index (χ0) is 14.1. The van der Waals surface area contributed by atoms with Gasteiger partial charge in [-0.05, 0) is 12.1 Å². The Bertz CT molecular complexity index is 622. The fourth-order valence-corrected chi connectivity index (χ4v) is 2.07. The Morgan fingerprint density at radius 3 is 2.28 bits per heavy atom. The Kier molecular flexibility index (Phi) is 4.00. The first-order chi connectivity index (χ1) is 8.10. The molecule has 18 heavy (non-hydrogen) atoms. The van der Waals surface area contributed by atoms with Crippen LogP contribution in [-0.2, 0) is 10.0 Å². The first-order valence-electron chi connectivity index (χ1n) is 4.07. The molecule has 0 aromatic heterocycles. The maximum Gasteiger partial charge on any atom is 0.516 e. The van der Waals surface area contributed by atoms with Crippen molar-refractivity contribution in [1.29, 1.82) is 5.26 Å². The van der Waals surface area contributed by atoms with E-state index in [2.05, 4.69) is 0 Å². The average molecular weight is 319 g/mol. The predicted molar refractivity (Wildman–Crippen MR) is 59.8 cm³/mol. The van der Waals surface area contributed by atoms with Gasteiger partial charge in [-0.3, -0.25) is 4.72 Å². The van der Waals surface area contributed by atoms with E-state index >= 15 is 0 Å². The van der Waals surface area contributed by atoms with Gasteiger partial charge in [0.1, 0.15) is 6.07 Å². The first-order valence-corrected chi connectivity index (χ1v) is 6.31. The molecule has 0 bridgehead atoms. The second-order valence-corrected chi connectivity index (χ2v) is 5.41. The van der Waals surface area contributed by atoms with Crippen LogP contribution in [0, 0.1) is 11.3 Å². The Balaban J connectivity index is 3.28. The highest BCUT2D eigenvalue weighted by molar-refractivity contribution is 7.93. The van der Waals surface area contributed by atoms with Crippen molar-refractivity contribution in [2.24, 2.45) is 0 Å². The van der Waals surface area contributed by atoms with Crippen LogP contribution in [0.4, 0.5) is 18.9 Å². The SMILES string of the molecule is N#Cc1c(Cl)ccc(NS(=O)(=O)C(F)(F)F)c1Cl. The average Bonchev–Trinajstić information content (AvgIpc) is 2.21. The summed E-state index contributed by atoms with van der Waals surface area (Å²) in [7, 11) is -5.60. The lowest BCUT2D eigenvalue weighted by Crippen LogP contribution is -2.30. The minimum absolute atomic E-state index is 0.0996. The quantitative estimate of drug-likeness (QED) is 0.910. The number of anilines is 1. The van der Waals surface area contributed by atoms with Crippen molar-refractivity contribution >= 4 is 38.9 Å². The molecule has 4 nitrogen and oxygen atoms in total. The van der Waals surface area contributed by atoms with Gasteiger partial charge in [0.25, 0.3) is 0 Å². The molecule has 0 spiro atoms. The summed E-state index contributed by atoms with van der Waals surface area (Å²) < 4.78 is 59.3. The lowest BCUT2D eigenvalue weighted by Gasteiger charge is -2.12. The Morgan fingerprint density at radius 1 is 1.28 bits per heavy atom. The van der Waals surface area contributed by atoms with E-state index in [1.807, 2.05) is 0 Å². The molecule has 0 aliphatic heterocycles. The van der Waals surface area contributed by atoms with Crippen LogP contribution in [0.15, 0.2) is 12.1 Å². The number of hydrogen-bond donors (Lipinski definition) is 1. The van der Waals surface area contributed by atoms with Crippen LogP contribution in [-0.4, -0.2) is 13.9 Å². The maximum absolute atomic E-state index is 12.1. The van der Waals surface area contributed by atoms with Gasteiger partial charge in [0.15, 0.2) is 0 Å². The second kappa shape index (κ2) is 4.84. The van der Waals surface area contributed by atoms with Gasteiger partial charge >= 0.3 is 15.5 Å². The normalized spacial score (nSPS) is 12.0. The summed E-state index contributed by atoms with van der Waals surface area (Å²) in [5.74, 6) is 0. The van der Waals surface area contributed by atoms with Gasteiger partial charge in [-0.2, -0.15) is 26.9 Å². The monoisotopic (exact) mass is 318 g/mol. The summed E-state index contributed by atoms with van der Waals surface area (Å²) in [6.45, 7) is 0. The van der Waals surface area contributed by atoms with Crippen molar-refractivity contribution in [2.45, 2.75) is 5.51 Å². The summed E-state index contributed by atoms with van der Waals surface area (Å²) >= 11 is 11.1. The number of nitriles is 1. The molecule has 0 saturated heterocycles. The lowest BCUT2D eigenvalue weighted by atomic mass is 10.2. The molecule has 1 aromatic carbocycles. The Morgan fingerprint density at radius 2 is 1.83 bits per heavy atom. The van der Waals surface area contributed by atoms with Crippen molar-refractivity contribution in [3.05, 3.63) is 27.7 Å². The summed E-state index contributed by atoms with van der Waals surface area (Å²) in [6.07, 6.45) is 0. The molecule has 0 fully saturated rings. The fourth-order valence-electron chi connectivity index (χ4n) is 0.936. The highest BCUT2D eigenvalue weighted by Gasteiger charge is 2.46. The molecule has 0 aliphatic rings. The van der Waals surface area contributed by atoms with E-state index in [0.717, 1.165) is 12.1 Å². The molecule has 1 rings (SSSR count). The minimum atomic E-state index is -5.60. The van der Waals surface area contributed by atoms with Crippen LogP contribution in [0.5, 0.6) is 0 Å². The standard InChI is InChI=1S/C8H3Cl2F3N2O2S/c9-5-1-2-6(7(10)4(5)3-14)15-18(16,17)8(11,12)13/h1-2,15H. The lowest BCUT2D eigenvalue weighted by molar-refractivity contribution is -0.0429. The van der Waals surface area contributed by atoms with Gasteiger partial charge in [-0.15, -0.1) is 0 Å². The number of alkyl halides is 3. The van der Waals surface area contributed by atoms with Crippen molar-refractivity contribution in [2.75, 3.05) is 4.72 Å². The number of hydrogen-bond acceptors (Lipinski definition) is 3. The fraction of sp³-hybridized carbons (Fsp3) is 0.125. The molecular weight excluding hydrogens is 316 g/mol. The predicted octanol–water partition coefficient (Wildman–Crippen LogP) is 3.13. The molecule has 0 amide bonds. The molecule has 0 unspecified atom stereocenters. The summed E-state index contributed by atoms with van der Waals surface area (Å²) in [4.78, 5) is 0. The summed E-state index contributed by atoms with van der Waals surface area (Å²) in [5.41, 5.74) is -6.38. The smallest absolute Gasteiger partial charge is 0.274 e. The van der Waals surface area contributed by atoms with Crippen LogP contribution in [0.3, 0.4) is 0 Å². The van der Waals surface area contributed by atoms with Crippen LogP contribution in [0.25, 0.3) is 0 Å². The van der Waals surface area contributed by atoms with Gasteiger partial charge < -0.3 is 0 Å². The van der Waals surface area contributed by atoms with Crippen molar-refractivity contribution in [1.82, 2.24) is 0 Å². The van der Waals surface area contributed by atoms with E-state index in [1.165, 1.54) is 4.72 Å². The van der Waals surface area contributed by atoms with E-state index in [4.69, 9.17) is 28.5 Å². The van der Waals surface area contributed by atoms with E-state index in [9.17, 15) is 21.6 Å². The maximum atomic E-state index is 12.1. The van der Waals surface area contributed by atoms with Crippen LogP contribution in [0.2, 0.25) is 10.0 Å². The molecule has 0 radical (unpaired) electrons. The third-order valence-electron chi connectivity index (χ3n) is 1.75. The molecular formula is C8H3Cl2F3N2O2S. The summed E-state index contributed by atoms with van der Waals surface area (Å²) in [5, 5.41) is 8.06. The third kappa shape index (κ3) is 2.80. The molecule has 10 heteroatoms. The van der Waals surface area contributed by atoms with Crippen molar-refractivity contribution in [3.8, 4) is 6.07 Å². The number of sulfonamides is 1. The zero-order valence-corrected chi connectivity index (χ0v) is 10.5. The van der Waals surface area contributed by atoms with Gasteiger partial charge in [0, 0.05) is 0 Å². The van der Waals surface area contributed by atoms with Crippen LogP contribution in [0.1, 0.15) is 5.56 Å². The van der Waals surface area contributed by atoms with Gasteiger partial charge in [0.2, 0.25) is 0 Å². The van der Waals surface area contributed by atoms with Crippen LogP contribution >= 0.6 is 23.2 Å². The van der Waals surface area contributed by atoms with E-state index in [0.29, 0.717) is 0 Å². The number of nitrogens with one attached hydrogen (secondary N) is 1. The number of nitrogens with zero attached hydrogens (tertiary/aromatic N) is 1. The number of halogens is 5. The van der Waals surface area contributed by atoms with E-state index in [1.54, 1.807) is 6.07 Å². The topological polar surface area (TPSA) is 70.0 Å². The molecule has 98 valence electrons. The zero-order valence-electron chi connectivity index (χ0n) is 8.22. The third-order valence-corrected chi connectivity index (χ3v) is 3.56. The second-order valence-electron chi connectivity index (χ2n) is 2.95. The number of rotatable bonds is 2. The Labute approximate surface area is 110 Å². The van der Waals surface area contributed by atoms with Gasteiger partial charge in [-0.1, -0.05) is 23.2 Å². The number of benzene rings is 1. The van der Waals surface area contributed by atoms with Crippen molar-refractivity contribution in [3.63, 3.8) is 0 Å². The molecule has 0 atom stereocenters. The van der Waals surface area contributed by atoms with Gasteiger partial charge in [0.05, 0.1) is 21.3 Å². The highest BCUT2D eigenvalue weighted by atomic mass is 35.5. The Hall–Kier alpha value is -1.17. The van der Waals surface area contributed by atoms with Crippen LogP contribution < -0.4 is 4.72 Å². The van der Waals surface area contributed by atoms with Crippen molar-refractivity contribution < 1.29 is 21.6 Å². The molecule has 0 aliphatic carbocycles. The summed E-state index contributed by atoms with van der Waals surface area (Å²) in [6, 6.07) is 3.53. The van der Waals surface area contributed by atoms with E-state index in [-0.39, 0.29) is 10.6 Å². The molecule has 0 heterocycles. The molecule has 1 N–H and O–H groups in total. The van der Waals surface area contributed by atoms with E-state index < -0.39 is 26.2 Å². The highest BCUT2D eigenvalue weighted by Crippen LogP contribution is 2.34. The van der Waals surface area contributed by atoms with Gasteiger partial charge in [-0.25, -0.2) is 0 Å². The molecule has 0 saturated carbocycles.